The lowest BCUT2D eigenvalue weighted by Gasteiger charge is -2.39. The number of halogens is 1. The monoisotopic (exact) mass is 516 g/mol. The van der Waals surface area contributed by atoms with Crippen molar-refractivity contribution in [3.8, 4) is 0 Å². The topological polar surface area (TPSA) is 74.2 Å². The summed E-state index contributed by atoms with van der Waals surface area (Å²) in [5.41, 5.74) is 0. The lowest BCUT2D eigenvalue weighted by atomic mass is 10.2. The summed E-state index contributed by atoms with van der Waals surface area (Å²) in [6.45, 7) is 15.4. The summed E-state index contributed by atoms with van der Waals surface area (Å²) in [7, 11) is -3.04. The highest BCUT2D eigenvalue weighted by atomic mass is 127. The van der Waals surface area contributed by atoms with Gasteiger partial charge in [0, 0.05) is 45.8 Å². The first-order valence-corrected chi connectivity index (χ1v) is 11.4. The van der Waals surface area contributed by atoms with E-state index in [1.807, 2.05) is 6.92 Å². The molecule has 2 heterocycles. The van der Waals surface area contributed by atoms with E-state index in [-0.39, 0.29) is 41.9 Å². The van der Waals surface area contributed by atoms with Crippen molar-refractivity contribution in [2.45, 2.75) is 58.0 Å². The van der Waals surface area contributed by atoms with Crippen LogP contribution in [0.2, 0.25) is 0 Å². The van der Waals surface area contributed by atoms with Crippen LogP contribution >= 0.6 is 24.0 Å². The molecule has 27 heavy (non-hydrogen) atoms. The first-order chi connectivity index (χ1) is 12.1. The Labute approximate surface area is 182 Å². The van der Waals surface area contributed by atoms with Crippen LogP contribution in [0.15, 0.2) is 4.99 Å². The number of sulfone groups is 1. The number of nitrogens with zero attached hydrogens (tertiary/aromatic N) is 3. The van der Waals surface area contributed by atoms with Gasteiger partial charge in [0.15, 0.2) is 15.8 Å². The van der Waals surface area contributed by atoms with Gasteiger partial charge in [-0.1, -0.05) is 0 Å². The van der Waals surface area contributed by atoms with Crippen molar-refractivity contribution in [3.05, 3.63) is 0 Å². The van der Waals surface area contributed by atoms with Crippen molar-refractivity contribution in [1.29, 1.82) is 0 Å². The van der Waals surface area contributed by atoms with Crippen molar-refractivity contribution in [2.24, 2.45) is 4.99 Å². The fourth-order valence-electron chi connectivity index (χ4n) is 3.70. The summed E-state index contributed by atoms with van der Waals surface area (Å²) >= 11 is 0. The predicted molar refractivity (Wildman–Crippen MR) is 122 cm³/mol. The van der Waals surface area contributed by atoms with E-state index in [0.717, 1.165) is 45.1 Å². The second-order valence-corrected chi connectivity index (χ2v) is 10.8. The lowest BCUT2D eigenvalue weighted by Crippen LogP contribution is -2.57. The number of guanidine groups is 1. The number of ether oxygens (including phenoxy) is 1. The zero-order chi connectivity index (χ0) is 19.4. The zero-order valence-electron chi connectivity index (χ0n) is 17.4. The minimum Gasteiger partial charge on any atom is -0.373 e. The van der Waals surface area contributed by atoms with E-state index in [1.165, 1.54) is 0 Å². The van der Waals surface area contributed by atoms with Crippen LogP contribution < -0.4 is 5.32 Å². The highest BCUT2D eigenvalue weighted by Crippen LogP contribution is 2.23. The summed E-state index contributed by atoms with van der Waals surface area (Å²) in [4.78, 5) is 9.28. The van der Waals surface area contributed by atoms with Crippen LogP contribution in [0.3, 0.4) is 0 Å². The van der Waals surface area contributed by atoms with Crippen molar-refractivity contribution in [3.63, 3.8) is 0 Å². The van der Waals surface area contributed by atoms with Gasteiger partial charge in [0.05, 0.1) is 22.7 Å². The molecule has 0 aromatic heterocycles. The molecule has 0 amide bonds. The van der Waals surface area contributed by atoms with Gasteiger partial charge in [-0.25, -0.2) is 8.42 Å². The Morgan fingerprint density at radius 2 is 1.89 bits per heavy atom. The molecule has 1 N–H and O–H groups in total. The van der Waals surface area contributed by atoms with Gasteiger partial charge in [0.2, 0.25) is 0 Å². The van der Waals surface area contributed by atoms with Crippen LogP contribution in [0.4, 0.5) is 0 Å². The Kier molecular flexibility index (Phi) is 9.77. The molecule has 160 valence electrons. The van der Waals surface area contributed by atoms with Gasteiger partial charge < -0.3 is 15.0 Å². The third-order valence-corrected chi connectivity index (χ3v) is 7.60. The fraction of sp³-hybridized carbons (Fsp3) is 0.944. The molecule has 2 saturated heterocycles. The van der Waals surface area contributed by atoms with E-state index >= 15 is 0 Å². The van der Waals surface area contributed by atoms with Crippen LogP contribution in [0.25, 0.3) is 0 Å². The van der Waals surface area contributed by atoms with Gasteiger partial charge in [-0.2, -0.15) is 0 Å². The quantitative estimate of drug-likeness (QED) is 0.259. The van der Waals surface area contributed by atoms with Crippen molar-refractivity contribution in [2.75, 3.05) is 51.6 Å². The molecule has 7 nitrogen and oxygen atoms in total. The van der Waals surface area contributed by atoms with E-state index in [2.05, 4.69) is 29.0 Å². The molecule has 2 atom stereocenters. The Hall–Kier alpha value is -0.130. The van der Waals surface area contributed by atoms with Crippen LogP contribution in [0.5, 0.6) is 0 Å². The van der Waals surface area contributed by atoms with Gasteiger partial charge in [0.25, 0.3) is 0 Å². The summed E-state index contributed by atoms with van der Waals surface area (Å²) < 4.78 is 29.5. The molecule has 2 rings (SSSR count). The van der Waals surface area contributed by atoms with E-state index in [1.54, 1.807) is 13.8 Å². The standard InChI is InChI=1S/C18H36N4O3S.HI/c1-6-19-17(22-10-11-26(23,24)18(4,5)14-22)20-8-7-9-21-12-15(2)25-16(3)13-21;/h15-16H,6-14H2,1-5H3,(H,19,20);1H. The fourth-order valence-corrected chi connectivity index (χ4v) is 5.06. The number of hydrogen-bond acceptors (Lipinski definition) is 5. The van der Waals surface area contributed by atoms with E-state index in [4.69, 9.17) is 9.73 Å². The van der Waals surface area contributed by atoms with Gasteiger partial charge in [-0.15, -0.1) is 24.0 Å². The molecular formula is C18H37IN4O3S. The highest BCUT2D eigenvalue weighted by molar-refractivity contribution is 14.0. The third-order valence-electron chi connectivity index (χ3n) is 5.07. The molecule has 0 bridgehead atoms. The number of morpholine rings is 1. The third kappa shape index (κ3) is 7.01. The Bertz CT molecular complexity index is 587. The van der Waals surface area contributed by atoms with Crippen LogP contribution in [0.1, 0.15) is 41.0 Å². The smallest absolute Gasteiger partial charge is 0.193 e. The SMILES string of the molecule is CCNC(=NCCCN1CC(C)OC(C)C1)N1CCS(=O)(=O)C(C)(C)C1.I. The van der Waals surface area contributed by atoms with Crippen LogP contribution in [-0.4, -0.2) is 92.7 Å². The Morgan fingerprint density at radius 3 is 2.44 bits per heavy atom. The molecule has 2 unspecified atom stereocenters. The molecule has 0 saturated carbocycles. The molecule has 0 aromatic rings. The molecule has 2 aliphatic heterocycles. The molecule has 9 heteroatoms. The lowest BCUT2D eigenvalue weighted by molar-refractivity contribution is -0.0679. The summed E-state index contributed by atoms with van der Waals surface area (Å²) in [5.74, 6) is 1.02. The maximum Gasteiger partial charge on any atom is 0.193 e. The average molecular weight is 516 g/mol. The summed E-state index contributed by atoms with van der Waals surface area (Å²) in [6, 6.07) is 0. The van der Waals surface area contributed by atoms with Crippen LogP contribution in [-0.2, 0) is 14.6 Å². The Balaban J connectivity index is 0.00000364. The first-order valence-electron chi connectivity index (χ1n) is 9.78. The van der Waals surface area contributed by atoms with E-state index in [0.29, 0.717) is 13.1 Å². The Morgan fingerprint density at radius 1 is 1.26 bits per heavy atom. The summed E-state index contributed by atoms with van der Waals surface area (Å²) in [6.07, 6.45) is 1.57. The summed E-state index contributed by atoms with van der Waals surface area (Å²) in [5, 5.41) is 3.32. The average Bonchev–Trinajstić information content (AvgIpc) is 2.52. The maximum absolute atomic E-state index is 12.2. The minimum absolute atomic E-state index is 0. The second-order valence-electron chi connectivity index (χ2n) is 8.11. The normalized spacial score (nSPS) is 28.5. The number of rotatable bonds is 5. The molecule has 0 radical (unpaired) electrons. The minimum atomic E-state index is -3.04. The van der Waals surface area contributed by atoms with Crippen molar-refractivity contribution >= 4 is 39.8 Å². The zero-order valence-corrected chi connectivity index (χ0v) is 20.5. The molecular weight excluding hydrogens is 479 g/mol. The predicted octanol–water partition coefficient (Wildman–Crippen LogP) is 1.58. The molecule has 2 fully saturated rings. The maximum atomic E-state index is 12.2. The molecule has 0 spiro atoms. The second kappa shape index (κ2) is 10.6. The van der Waals surface area contributed by atoms with Gasteiger partial charge in [-0.3, -0.25) is 9.89 Å². The van der Waals surface area contributed by atoms with Gasteiger partial charge in [-0.05, 0) is 41.0 Å². The van der Waals surface area contributed by atoms with Crippen molar-refractivity contribution < 1.29 is 13.2 Å². The first kappa shape index (κ1) is 24.9. The van der Waals surface area contributed by atoms with Gasteiger partial charge in [0.1, 0.15) is 0 Å². The number of nitrogens with one attached hydrogen (secondary N) is 1. The number of hydrogen-bond donors (Lipinski definition) is 1. The van der Waals surface area contributed by atoms with Crippen molar-refractivity contribution in [1.82, 2.24) is 15.1 Å². The molecule has 0 aliphatic carbocycles. The highest BCUT2D eigenvalue weighted by Gasteiger charge is 2.40. The van der Waals surface area contributed by atoms with Crippen LogP contribution in [0, 0.1) is 0 Å². The molecule has 2 aliphatic rings. The molecule has 0 aromatic carbocycles. The van der Waals surface area contributed by atoms with E-state index < -0.39 is 14.6 Å². The van der Waals surface area contributed by atoms with E-state index in [9.17, 15) is 8.42 Å². The van der Waals surface area contributed by atoms with Gasteiger partial charge >= 0.3 is 0 Å². The largest absolute Gasteiger partial charge is 0.373 e. The number of aliphatic imine (C=N–C) groups is 1.